The van der Waals surface area contributed by atoms with Gasteiger partial charge in [0.2, 0.25) is 10.0 Å². The number of sulfonamides is 1. The minimum absolute atomic E-state index is 0.0404. The Hall–Kier alpha value is -2.89. The van der Waals surface area contributed by atoms with E-state index in [-0.39, 0.29) is 23.1 Å². The number of hydrogen-bond donors (Lipinski definition) is 2. The summed E-state index contributed by atoms with van der Waals surface area (Å²) in [5.74, 6) is 0.275. The summed E-state index contributed by atoms with van der Waals surface area (Å²) in [6, 6.07) is 13.2. The highest BCUT2D eigenvalue weighted by molar-refractivity contribution is 7.89. The normalized spacial score (nSPS) is 15.6. The van der Waals surface area contributed by atoms with Crippen LogP contribution in [0.4, 0.5) is 0 Å². The molecule has 0 aliphatic heterocycles. The highest BCUT2D eigenvalue weighted by atomic mass is 32.2. The zero-order valence-corrected chi connectivity index (χ0v) is 16.7. The van der Waals surface area contributed by atoms with Crippen molar-refractivity contribution in [2.45, 2.75) is 49.6 Å². The highest BCUT2D eigenvalue weighted by Gasteiger charge is 2.19. The molecule has 0 saturated heterocycles. The maximum Gasteiger partial charge on any atom is 0.262 e. The molecule has 1 aromatic carbocycles. The van der Waals surface area contributed by atoms with E-state index >= 15 is 0 Å². The lowest BCUT2D eigenvalue weighted by molar-refractivity contribution is -0.117. The van der Waals surface area contributed by atoms with E-state index in [2.05, 4.69) is 10.0 Å². The number of carbonyl (C=O) groups is 1. The summed E-state index contributed by atoms with van der Waals surface area (Å²) in [6.07, 6.45) is 6.56. The molecule has 2 N–H and O–H groups in total. The molecule has 7 nitrogen and oxygen atoms in total. The third kappa shape index (κ3) is 5.79. The predicted molar refractivity (Wildman–Crippen MR) is 108 cm³/mol. The second-order valence-electron chi connectivity index (χ2n) is 6.92. The van der Waals surface area contributed by atoms with Crippen molar-refractivity contribution in [3.8, 4) is 6.07 Å². The van der Waals surface area contributed by atoms with Crippen LogP contribution in [0, 0.1) is 11.3 Å². The van der Waals surface area contributed by atoms with Gasteiger partial charge in [0, 0.05) is 12.1 Å². The van der Waals surface area contributed by atoms with Crippen molar-refractivity contribution in [1.82, 2.24) is 10.0 Å². The van der Waals surface area contributed by atoms with E-state index in [1.165, 1.54) is 24.6 Å². The maximum atomic E-state index is 12.3. The molecule has 8 heteroatoms. The molecular weight excluding hydrogens is 390 g/mol. The van der Waals surface area contributed by atoms with Gasteiger partial charge in [0.1, 0.15) is 23.2 Å². The van der Waals surface area contributed by atoms with E-state index in [4.69, 9.17) is 4.42 Å². The van der Waals surface area contributed by atoms with E-state index in [1.807, 2.05) is 6.07 Å². The van der Waals surface area contributed by atoms with Gasteiger partial charge in [0.15, 0.2) is 0 Å². The van der Waals surface area contributed by atoms with Crippen molar-refractivity contribution in [3.63, 3.8) is 0 Å². The molecule has 0 bridgehead atoms. The number of carbonyl (C=O) groups excluding carboxylic acids is 1. The lowest BCUT2D eigenvalue weighted by Crippen LogP contribution is -2.36. The van der Waals surface area contributed by atoms with Gasteiger partial charge >= 0.3 is 0 Å². The number of furan rings is 1. The Kier molecular flexibility index (Phi) is 6.86. The molecule has 152 valence electrons. The standard InChI is InChI=1S/C21H23N3O4S/c22-14-16(21(25)24-17-7-3-1-4-8-17)13-18-11-12-19(28-18)15-23-29(26,27)20-9-5-2-6-10-20/h2,5-6,9-13,17,23H,1,3-4,7-8,15H2,(H,24,25)/b16-13-. The van der Waals surface area contributed by atoms with Crippen LogP contribution >= 0.6 is 0 Å². The summed E-state index contributed by atoms with van der Waals surface area (Å²) in [4.78, 5) is 12.5. The first kappa shape index (κ1) is 20.8. The van der Waals surface area contributed by atoms with Crippen molar-refractivity contribution in [3.05, 3.63) is 59.6 Å². The van der Waals surface area contributed by atoms with E-state index < -0.39 is 15.9 Å². The molecule has 0 spiro atoms. The van der Waals surface area contributed by atoms with Crippen molar-refractivity contribution >= 4 is 22.0 Å². The summed E-state index contributed by atoms with van der Waals surface area (Å²) in [5.41, 5.74) is -0.0404. The summed E-state index contributed by atoms with van der Waals surface area (Å²) in [5, 5.41) is 12.2. The lowest BCUT2D eigenvalue weighted by atomic mass is 9.95. The molecule has 1 aromatic heterocycles. The van der Waals surface area contributed by atoms with Crippen LogP contribution in [0.1, 0.15) is 43.6 Å². The van der Waals surface area contributed by atoms with Gasteiger partial charge in [-0.25, -0.2) is 13.1 Å². The maximum absolute atomic E-state index is 12.3. The average Bonchev–Trinajstić information content (AvgIpc) is 3.19. The van der Waals surface area contributed by atoms with Crippen LogP contribution in [0.15, 0.2) is 57.4 Å². The minimum Gasteiger partial charge on any atom is -0.460 e. The first-order valence-electron chi connectivity index (χ1n) is 9.54. The molecule has 1 fully saturated rings. The zero-order chi connectivity index (χ0) is 20.7. The van der Waals surface area contributed by atoms with E-state index in [1.54, 1.807) is 30.3 Å². The van der Waals surface area contributed by atoms with Crippen molar-refractivity contribution in [2.24, 2.45) is 0 Å². The van der Waals surface area contributed by atoms with Crippen LogP contribution in [0.25, 0.3) is 6.08 Å². The predicted octanol–water partition coefficient (Wildman–Crippen LogP) is 3.11. The van der Waals surface area contributed by atoms with Crippen molar-refractivity contribution in [1.29, 1.82) is 5.26 Å². The number of nitrogens with one attached hydrogen (secondary N) is 2. The number of hydrogen-bond acceptors (Lipinski definition) is 5. The van der Waals surface area contributed by atoms with Crippen LogP contribution in [0.5, 0.6) is 0 Å². The number of nitriles is 1. The number of amides is 1. The Morgan fingerprint density at radius 1 is 1.14 bits per heavy atom. The Labute approximate surface area is 170 Å². The van der Waals surface area contributed by atoms with Gasteiger partial charge in [0.05, 0.1) is 11.4 Å². The third-order valence-corrected chi connectivity index (χ3v) is 6.18. The number of benzene rings is 1. The Morgan fingerprint density at radius 2 is 1.86 bits per heavy atom. The first-order chi connectivity index (χ1) is 14.0. The zero-order valence-electron chi connectivity index (χ0n) is 15.9. The van der Waals surface area contributed by atoms with Crippen LogP contribution < -0.4 is 10.0 Å². The monoisotopic (exact) mass is 413 g/mol. The molecular formula is C21H23N3O4S. The van der Waals surface area contributed by atoms with Gasteiger partial charge in [-0.3, -0.25) is 4.79 Å². The molecule has 1 aliphatic carbocycles. The van der Waals surface area contributed by atoms with Gasteiger partial charge in [-0.15, -0.1) is 0 Å². The average molecular weight is 413 g/mol. The molecule has 1 amide bonds. The summed E-state index contributed by atoms with van der Waals surface area (Å²) in [7, 11) is -3.65. The van der Waals surface area contributed by atoms with E-state index in [0.717, 1.165) is 25.7 Å². The van der Waals surface area contributed by atoms with Gasteiger partial charge in [-0.05, 0) is 37.1 Å². The minimum atomic E-state index is -3.65. The first-order valence-corrected chi connectivity index (χ1v) is 11.0. The molecule has 1 saturated carbocycles. The number of rotatable bonds is 7. The molecule has 2 aromatic rings. The Morgan fingerprint density at radius 3 is 2.55 bits per heavy atom. The molecule has 1 heterocycles. The number of nitrogens with zero attached hydrogens (tertiary/aromatic N) is 1. The van der Waals surface area contributed by atoms with Crippen LogP contribution in [0.3, 0.4) is 0 Å². The molecule has 1 aliphatic rings. The second-order valence-corrected chi connectivity index (χ2v) is 8.69. The van der Waals surface area contributed by atoms with E-state index in [9.17, 15) is 18.5 Å². The molecule has 3 rings (SSSR count). The van der Waals surface area contributed by atoms with Crippen molar-refractivity contribution in [2.75, 3.05) is 0 Å². The quantitative estimate of drug-likeness (QED) is 0.535. The molecule has 0 atom stereocenters. The van der Waals surface area contributed by atoms with Crippen molar-refractivity contribution < 1.29 is 17.6 Å². The van der Waals surface area contributed by atoms with E-state index in [0.29, 0.717) is 11.5 Å². The smallest absolute Gasteiger partial charge is 0.262 e. The van der Waals surface area contributed by atoms with Gasteiger partial charge < -0.3 is 9.73 Å². The SMILES string of the molecule is N#C/C(=C/c1ccc(CNS(=O)(=O)c2ccccc2)o1)C(=O)NC1CCCCC1. The second kappa shape index (κ2) is 9.54. The fourth-order valence-electron chi connectivity index (χ4n) is 3.22. The van der Waals surface area contributed by atoms with Crippen LogP contribution in [0.2, 0.25) is 0 Å². The fraction of sp³-hybridized carbons (Fsp3) is 0.333. The summed E-state index contributed by atoms with van der Waals surface area (Å²) >= 11 is 0. The Balaban J connectivity index is 1.62. The van der Waals surface area contributed by atoms with Crippen LogP contribution in [-0.4, -0.2) is 20.4 Å². The topological polar surface area (TPSA) is 112 Å². The van der Waals surface area contributed by atoms with Crippen LogP contribution in [-0.2, 0) is 21.4 Å². The van der Waals surface area contributed by atoms with Gasteiger partial charge in [-0.1, -0.05) is 37.5 Å². The van der Waals surface area contributed by atoms with Gasteiger partial charge in [0.25, 0.3) is 5.91 Å². The molecule has 0 unspecified atom stereocenters. The largest absolute Gasteiger partial charge is 0.460 e. The summed E-state index contributed by atoms with van der Waals surface area (Å²) < 4.78 is 32.5. The third-order valence-electron chi connectivity index (χ3n) is 4.76. The molecule has 29 heavy (non-hydrogen) atoms. The van der Waals surface area contributed by atoms with Gasteiger partial charge in [-0.2, -0.15) is 5.26 Å². The lowest BCUT2D eigenvalue weighted by Gasteiger charge is -2.22. The summed E-state index contributed by atoms with van der Waals surface area (Å²) in [6.45, 7) is -0.0405. The fourth-order valence-corrected chi connectivity index (χ4v) is 4.23. The Bertz CT molecular complexity index is 1010. The highest BCUT2D eigenvalue weighted by Crippen LogP contribution is 2.18. The molecule has 0 radical (unpaired) electrons.